The lowest BCUT2D eigenvalue weighted by Crippen LogP contribution is -2.18. The molecule has 0 aliphatic rings. The summed E-state index contributed by atoms with van der Waals surface area (Å²) in [6, 6.07) is 13.2. The van der Waals surface area contributed by atoms with Crippen molar-refractivity contribution >= 4 is 33.2 Å². The first kappa shape index (κ1) is 14.2. The van der Waals surface area contributed by atoms with Crippen LogP contribution < -0.4 is 5.32 Å². The van der Waals surface area contributed by atoms with Gasteiger partial charge in [0.15, 0.2) is 0 Å². The molecular formula is C15H15BrClNO. The summed E-state index contributed by atoms with van der Waals surface area (Å²) >= 11 is 9.58. The monoisotopic (exact) mass is 339 g/mol. The van der Waals surface area contributed by atoms with Crippen LogP contribution in [0.25, 0.3) is 0 Å². The molecule has 4 heteroatoms. The van der Waals surface area contributed by atoms with Gasteiger partial charge in [-0.2, -0.15) is 0 Å². The number of hydrogen-bond donors (Lipinski definition) is 2. The third-order valence-corrected chi connectivity index (χ3v) is 3.63. The highest BCUT2D eigenvalue weighted by Crippen LogP contribution is 2.26. The number of phenolic OH excluding ortho intramolecular Hbond substituents is 1. The van der Waals surface area contributed by atoms with Crippen molar-refractivity contribution in [3.05, 3.63) is 57.5 Å². The number of nitrogens with one attached hydrogen (secondary N) is 1. The standard InChI is InChI=1S/C15H15BrClNO/c1-10(8-11-2-5-13(19)6-3-11)18-15-9-12(16)4-7-14(15)17/h2-7,9-10,18-19H,8H2,1H3. The van der Waals surface area contributed by atoms with E-state index in [1.807, 2.05) is 30.3 Å². The van der Waals surface area contributed by atoms with E-state index in [0.717, 1.165) is 16.6 Å². The molecule has 0 bridgehead atoms. The van der Waals surface area contributed by atoms with Gasteiger partial charge in [0, 0.05) is 10.5 Å². The Morgan fingerprint density at radius 2 is 1.89 bits per heavy atom. The van der Waals surface area contributed by atoms with Gasteiger partial charge >= 0.3 is 0 Å². The number of aromatic hydroxyl groups is 1. The summed E-state index contributed by atoms with van der Waals surface area (Å²) in [5.74, 6) is 0.291. The molecule has 2 nitrogen and oxygen atoms in total. The third-order valence-electron chi connectivity index (χ3n) is 2.81. The van der Waals surface area contributed by atoms with Gasteiger partial charge in [-0.1, -0.05) is 39.7 Å². The van der Waals surface area contributed by atoms with E-state index in [0.29, 0.717) is 10.8 Å². The zero-order valence-electron chi connectivity index (χ0n) is 10.5. The normalized spacial score (nSPS) is 12.2. The minimum absolute atomic E-state index is 0.247. The number of hydrogen-bond acceptors (Lipinski definition) is 2. The first-order valence-corrected chi connectivity index (χ1v) is 7.21. The maximum atomic E-state index is 9.25. The van der Waals surface area contributed by atoms with Crippen LogP contribution in [0.2, 0.25) is 5.02 Å². The van der Waals surface area contributed by atoms with Crippen LogP contribution in [0.4, 0.5) is 5.69 Å². The van der Waals surface area contributed by atoms with E-state index in [-0.39, 0.29) is 6.04 Å². The number of phenols is 1. The van der Waals surface area contributed by atoms with Crippen molar-refractivity contribution in [2.24, 2.45) is 0 Å². The van der Waals surface area contributed by atoms with E-state index in [2.05, 4.69) is 28.2 Å². The predicted octanol–water partition coefficient (Wildman–Crippen LogP) is 4.85. The van der Waals surface area contributed by atoms with E-state index in [9.17, 15) is 5.11 Å². The Labute approximate surface area is 126 Å². The summed E-state index contributed by atoms with van der Waals surface area (Å²) in [6.45, 7) is 2.10. The highest BCUT2D eigenvalue weighted by Gasteiger charge is 2.07. The maximum absolute atomic E-state index is 9.25. The van der Waals surface area contributed by atoms with Gasteiger partial charge in [0.2, 0.25) is 0 Å². The second-order valence-electron chi connectivity index (χ2n) is 4.54. The van der Waals surface area contributed by atoms with Gasteiger partial charge < -0.3 is 10.4 Å². The van der Waals surface area contributed by atoms with Gasteiger partial charge in [-0.05, 0) is 49.2 Å². The molecule has 2 N–H and O–H groups in total. The van der Waals surface area contributed by atoms with Crippen molar-refractivity contribution in [1.29, 1.82) is 0 Å². The molecule has 1 unspecified atom stereocenters. The molecule has 1 atom stereocenters. The SMILES string of the molecule is CC(Cc1ccc(O)cc1)Nc1cc(Br)ccc1Cl. The van der Waals surface area contributed by atoms with Crippen molar-refractivity contribution in [2.75, 3.05) is 5.32 Å². The van der Waals surface area contributed by atoms with Crippen molar-refractivity contribution in [2.45, 2.75) is 19.4 Å². The molecule has 2 aromatic rings. The van der Waals surface area contributed by atoms with Gasteiger partial charge in [-0.15, -0.1) is 0 Å². The number of benzene rings is 2. The average molecular weight is 341 g/mol. The van der Waals surface area contributed by atoms with Crippen LogP contribution in [0, 0.1) is 0 Å². The Morgan fingerprint density at radius 3 is 2.58 bits per heavy atom. The number of anilines is 1. The molecule has 0 saturated heterocycles. The quantitative estimate of drug-likeness (QED) is 0.834. The van der Waals surface area contributed by atoms with Crippen LogP contribution >= 0.6 is 27.5 Å². The smallest absolute Gasteiger partial charge is 0.115 e. The molecule has 0 aliphatic heterocycles. The summed E-state index contributed by atoms with van der Waals surface area (Å²) in [5.41, 5.74) is 2.09. The van der Waals surface area contributed by atoms with Gasteiger partial charge in [0.1, 0.15) is 5.75 Å². The lowest BCUT2D eigenvalue weighted by atomic mass is 10.1. The van der Waals surface area contributed by atoms with Crippen LogP contribution in [0.3, 0.4) is 0 Å². The fourth-order valence-electron chi connectivity index (χ4n) is 1.91. The van der Waals surface area contributed by atoms with Gasteiger partial charge in [0.25, 0.3) is 0 Å². The molecular weight excluding hydrogens is 326 g/mol. The lowest BCUT2D eigenvalue weighted by molar-refractivity contribution is 0.475. The van der Waals surface area contributed by atoms with Crippen LogP contribution in [-0.4, -0.2) is 11.1 Å². The van der Waals surface area contributed by atoms with E-state index in [1.54, 1.807) is 12.1 Å². The molecule has 2 aromatic carbocycles. The van der Waals surface area contributed by atoms with Gasteiger partial charge in [0.05, 0.1) is 10.7 Å². The van der Waals surface area contributed by atoms with Crippen molar-refractivity contribution in [3.63, 3.8) is 0 Å². The zero-order chi connectivity index (χ0) is 13.8. The number of halogens is 2. The fraction of sp³-hybridized carbons (Fsp3) is 0.200. The summed E-state index contributed by atoms with van der Waals surface area (Å²) in [6.07, 6.45) is 0.864. The van der Waals surface area contributed by atoms with Crippen LogP contribution in [0.15, 0.2) is 46.9 Å². The predicted molar refractivity (Wildman–Crippen MR) is 84.0 cm³/mol. The zero-order valence-corrected chi connectivity index (χ0v) is 12.9. The molecule has 0 amide bonds. The molecule has 19 heavy (non-hydrogen) atoms. The van der Waals surface area contributed by atoms with E-state index < -0.39 is 0 Å². The maximum Gasteiger partial charge on any atom is 0.115 e. The summed E-state index contributed by atoms with van der Waals surface area (Å²) in [5, 5.41) is 13.4. The molecule has 0 radical (unpaired) electrons. The van der Waals surface area contributed by atoms with E-state index in [4.69, 9.17) is 11.6 Å². The highest BCUT2D eigenvalue weighted by molar-refractivity contribution is 9.10. The van der Waals surface area contributed by atoms with E-state index in [1.165, 1.54) is 5.56 Å². The Bertz CT molecular complexity index is 557. The molecule has 2 rings (SSSR count). The van der Waals surface area contributed by atoms with Crippen molar-refractivity contribution in [3.8, 4) is 5.75 Å². The second kappa shape index (κ2) is 6.31. The summed E-state index contributed by atoms with van der Waals surface area (Å²) < 4.78 is 0.997. The van der Waals surface area contributed by atoms with Gasteiger partial charge in [-0.25, -0.2) is 0 Å². The topological polar surface area (TPSA) is 32.3 Å². The largest absolute Gasteiger partial charge is 0.508 e. The Kier molecular flexibility index (Phi) is 4.72. The average Bonchev–Trinajstić information content (AvgIpc) is 2.37. The summed E-state index contributed by atoms with van der Waals surface area (Å²) in [4.78, 5) is 0. The molecule has 0 saturated carbocycles. The Hall–Kier alpha value is -1.19. The molecule has 0 spiro atoms. The minimum atomic E-state index is 0.247. The highest BCUT2D eigenvalue weighted by atomic mass is 79.9. The second-order valence-corrected chi connectivity index (χ2v) is 5.86. The third kappa shape index (κ3) is 4.15. The van der Waals surface area contributed by atoms with Crippen LogP contribution in [-0.2, 0) is 6.42 Å². The Morgan fingerprint density at radius 1 is 1.21 bits per heavy atom. The van der Waals surface area contributed by atoms with Crippen molar-refractivity contribution in [1.82, 2.24) is 0 Å². The molecule has 0 aliphatic carbocycles. The van der Waals surface area contributed by atoms with Gasteiger partial charge in [-0.3, -0.25) is 0 Å². The molecule has 0 heterocycles. The van der Waals surface area contributed by atoms with Crippen LogP contribution in [0.1, 0.15) is 12.5 Å². The summed E-state index contributed by atoms with van der Waals surface area (Å²) in [7, 11) is 0. The molecule has 0 fully saturated rings. The first-order valence-electron chi connectivity index (χ1n) is 6.04. The number of rotatable bonds is 4. The van der Waals surface area contributed by atoms with Crippen LogP contribution in [0.5, 0.6) is 5.75 Å². The first-order chi connectivity index (χ1) is 9.04. The Balaban J connectivity index is 2.02. The molecule has 0 aromatic heterocycles. The minimum Gasteiger partial charge on any atom is -0.508 e. The van der Waals surface area contributed by atoms with E-state index >= 15 is 0 Å². The fourth-order valence-corrected chi connectivity index (χ4v) is 2.44. The molecule has 100 valence electrons. The lowest BCUT2D eigenvalue weighted by Gasteiger charge is -2.16. The van der Waals surface area contributed by atoms with Crippen molar-refractivity contribution < 1.29 is 5.11 Å².